The van der Waals surface area contributed by atoms with Crippen LogP contribution in [0.4, 0.5) is 5.69 Å². The zero-order valence-corrected chi connectivity index (χ0v) is 17.0. The molecule has 0 aliphatic heterocycles. The lowest BCUT2D eigenvalue weighted by molar-refractivity contribution is -0.123. The first kappa shape index (κ1) is 21.2. The van der Waals surface area contributed by atoms with E-state index in [0.29, 0.717) is 23.4 Å². The van der Waals surface area contributed by atoms with Gasteiger partial charge in [0, 0.05) is 42.9 Å². The van der Waals surface area contributed by atoms with Crippen molar-refractivity contribution >= 4 is 23.4 Å². The molecule has 0 fully saturated rings. The summed E-state index contributed by atoms with van der Waals surface area (Å²) >= 11 is 0. The van der Waals surface area contributed by atoms with Gasteiger partial charge in [0.2, 0.25) is 5.91 Å². The van der Waals surface area contributed by atoms with Crippen molar-refractivity contribution in [2.24, 2.45) is 5.41 Å². The van der Waals surface area contributed by atoms with E-state index in [1.807, 2.05) is 32.9 Å². The fourth-order valence-electron chi connectivity index (χ4n) is 2.52. The van der Waals surface area contributed by atoms with Crippen LogP contribution in [0.2, 0.25) is 0 Å². The summed E-state index contributed by atoms with van der Waals surface area (Å²) < 4.78 is 0. The van der Waals surface area contributed by atoms with E-state index in [1.54, 1.807) is 55.4 Å². The van der Waals surface area contributed by atoms with Crippen molar-refractivity contribution < 1.29 is 14.4 Å². The van der Waals surface area contributed by atoms with Gasteiger partial charge in [0.1, 0.15) is 0 Å². The second-order valence-corrected chi connectivity index (χ2v) is 7.72. The highest BCUT2D eigenvalue weighted by Gasteiger charge is 2.21. The second-order valence-electron chi connectivity index (χ2n) is 7.72. The van der Waals surface area contributed by atoms with Gasteiger partial charge < -0.3 is 15.5 Å². The molecule has 6 nitrogen and oxygen atoms in total. The van der Waals surface area contributed by atoms with Gasteiger partial charge in [-0.25, -0.2) is 0 Å². The molecule has 0 aromatic heterocycles. The Morgan fingerprint density at radius 2 is 1.61 bits per heavy atom. The lowest BCUT2D eigenvalue weighted by atomic mass is 9.95. The molecular formula is C22H27N3O3. The van der Waals surface area contributed by atoms with Gasteiger partial charge in [0.05, 0.1) is 0 Å². The molecule has 0 saturated heterocycles. The van der Waals surface area contributed by atoms with Crippen LogP contribution in [0.15, 0.2) is 48.5 Å². The highest BCUT2D eigenvalue weighted by atomic mass is 16.2. The van der Waals surface area contributed by atoms with Gasteiger partial charge in [0.15, 0.2) is 0 Å². The number of hydrogen-bond donors (Lipinski definition) is 2. The topological polar surface area (TPSA) is 78.5 Å². The van der Waals surface area contributed by atoms with Crippen molar-refractivity contribution in [1.82, 2.24) is 10.2 Å². The number of benzene rings is 2. The maximum atomic E-state index is 12.8. The van der Waals surface area contributed by atoms with Crippen molar-refractivity contribution in [3.05, 3.63) is 65.2 Å². The number of hydrogen-bond acceptors (Lipinski definition) is 3. The van der Waals surface area contributed by atoms with E-state index in [1.165, 1.54) is 0 Å². The molecule has 28 heavy (non-hydrogen) atoms. The monoisotopic (exact) mass is 381 g/mol. The van der Waals surface area contributed by atoms with E-state index in [0.717, 1.165) is 5.56 Å². The predicted molar refractivity (Wildman–Crippen MR) is 110 cm³/mol. The van der Waals surface area contributed by atoms with Gasteiger partial charge >= 0.3 is 0 Å². The molecule has 6 heteroatoms. The Morgan fingerprint density at radius 1 is 0.964 bits per heavy atom. The van der Waals surface area contributed by atoms with Crippen molar-refractivity contribution in [2.45, 2.75) is 27.3 Å². The molecule has 0 aliphatic rings. The third kappa shape index (κ3) is 5.42. The molecule has 2 aromatic rings. The van der Waals surface area contributed by atoms with Crippen LogP contribution < -0.4 is 10.6 Å². The Hall–Kier alpha value is -3.15. The minimum atomic E-state index is -0.516. The molecule has 2 N–H and O–H groups in total. The number of nitrogens with one attached hydrogen (secondary N) is 2. The average molecular weight is 381 g/mol. The third-order valence-corrected chi connectivity index (χ3v) is 4.26. The smallest absolute Gasteiger partial charge is 0.253 e. The lowest BCUT2D eigenvalue weighted by Gasteiger charge is -2.20. The zero-order chi connectivity index (χ0) is 20.9. The van der Waals surface area contributed by atoms with Gasteiger partial charge in [-0.15, -0.1) is 0 Å². The van der Waals surface area contributed by atoms with Crippen LogP contribution in [0.5, 0.6) is 0 Å². The van der Waals surface area contributed by atoms with E-state index in [-0.39, 0.29) is 17.7 Å². The van der Waals surface area contributed by atoms with E-state index in [9.17, 15) is 14.4 Å². The fourth-order valence-corrected chi connectivity index (χ4v) is 2.52. The number of carbonyl (C=O) groups excluding carboxylic acids is 3. The van der Waals surface area contributed by atoms with Crippen LogP contribution in [0.1, 0.15) is 47.1 Å². The maximum absolute atomic E-state index is 12.8. The molecule has 0 atom stereocenters. The molecular weight excluding hydrogens is 354 g/mol. The number of nitrogens with zero attached hydrogens (tertiary/aromatic N) is 1. The zero-order valence-electron chi connectivity index (χ0n) is 17.0. The van der Waals surface area contributed by atoms with Crippen LogP contribution in [-0.4, -0.2) is 36.7 Å². The van der Waals surface area contributed by atoms with Crippen LogP contribution in [0.25, 0.3) is 0 Å². The summed E-state index contributed by atoms with van der Waals surface area (Å²) in [4.78, 5) is 38.1. The third-order valence-electron chi connectivity index (χ3n) is 4.26. The molecule has 0 spiro atoms. The maximum Gasteiger partial charge on any atom is 0.253 e. The first-order valence-electron chi connectivity index (χ1n) is 9.10. The summed E-state index contributed by atoms with van der Waals surface area (Å²) in [5.41, 5.74) is 2.06. The average Bonchev–Trinajstić information content (AvgIpc) is 2.66. The molecule has 0 bridgehead atoms. The molecule has 2 aromatic carbocycles. The van der Waals surface area contributed by atoms with Crippen LogP contribution in [0.3, 0.4) is 0 Å². The number of amides is 3. The summed E-state index contributed by atoms with van der Waals surface area (Å²) in [5, 5.41) is 5.42. The van der Waals surface area contributed by atoms with Gasteiger partial charge in [0.25, 0.3) is 11.8 Å². The highest BCUT2D eigenvalue weighted by Crippen LogP contribution is 2.19. The summed E-state index contributed by atoms with van der Waals surface area (Å²) in [6.45, 7) is 5.91. The lowest BCUT2D eigenvalue weighted by Crippen LogP contribution is -2.28. The minimum absolute atomic E-state index is 0.110. The summed E-state index contributed by atoms with van der Waals surface area (Å²) in [7, 11) is 3.30. The predicted octanol–water partition coefficient (Wildman–Crippen LogP) is 3.30. The Balaban J connectivity index is 2.07. The van der Waals surface area contributed by atoms with Crippen molar-refractivity contribution in [1.29, 1.82) is 0 Å². The largest absolute Gasteiger partial charge is 0.355 e. The van der Waals surface area contributed by atoms with E-state index in [2.05, 4.69) is 10.6 Å². The minimum Gasteiger partial charge on any atom is -0.355 e. The summed E-state index contributed by atoms with van der Waals surface area (Å²) in [6, 6.07) is 14.0. The van der Waals surface area contributed by atoms with Crippen LogP contribution in [-0.2, 0) is 11.3 Å². The Kier molecular flexibility index (Phi) is 6.57. The molecule has 0 aliphatic carbocycles. The van der Waals surface area contributed by atoms with Gasteiger partial charge in [-0.3, -0.25) is 14.4 Å². The van der Waals surface area contributed by atoms with Gasteiger partial charge in [-0.05, 0) is 35.9 Å². The number of rotatable bonds is 5. The summed E-state index contributed by atoms with van der Waals surface area (Å²) in [6.07, 6.45) is 0. The van der Waals surface area contributed by atoms with E-state index >= 15 is 0 Å². The molecule has 2 rings (SSSR count). The quantitative estimate of drug-likeness (QED) is 0.834. The SMILES string of the molecule is CNC(=O)c1ccc(CN(C)C(=O)c2cccc(NC(=O)C(C)(C)C)c2)cc1. The molecule has 0 unspecified atom stereocenters. The standard InChI is InChI=1S/C22H27N3O3/c1-22(2,3)21(28)24-18-8-6-7-17(13-18)20(27)25(5)14-15-9-11-16(12-10-15)19(26)23-4/h6-13H,14H2,1-5H3,(H,23,26)(H,24,28). The fraction of sp³-hybridized carbons (Fsp3) is 0.318. The Morgan fingerprint density at radius 3 is 2.18 bits per heavy atom. The highest BCUT2D eigenvalue weighted by molar-refractivity contribution is 5.98. The molecule has 0 heterocycles. The molecule has 3 amide bonds. The summed E-state index contributed by atoms with van der Waals surface area (Å²) in [5.74, 6) is -0.408. The first-order valence-corrected chi connectivity index (χ1v) is 9.10. The van der Waals surface area contributed by atoms with Gasteiger partial charge in [-0.2, -0.15) is 0 Å². The Bertz CT molecular complexity index is 867. The molecule has 0 radical (unpaired) electrons. The van der Waals surface area contributed by atoms with Crippen molar-refractivity contribution in [3.63, 3.8) is 0 Å². The molecule has 148 valence electrons. The number of carbonyl (C=O) groups is 3. The van der Waals surface area contributed by atoms with Gasteiger partial charge in [-0.1, -0.05) is 39.0 Å². The first-order chi connectivity index (χ1) is 13.1. The van der Waals surface area contributed by atoms with E-state index < -0.39 is 5.41 Å². The van der Waals surface area contributed by atoms with Crippen molar-refractivity contribution in [3.8, 4) is 0 Å². The van der Waals surface area contributed by atoms with Crippen LogP contribution >= 0.6 is 0 Å². The second kappa shape index (κ2) is 8.69. The van der Waals surface area contributed by atoms with Crippen molar-refractivity contribution in [2.75, 3.05) is 19.4 Å². The van der Waals surface area contributed by atoms with Crippen LogP contribution in [0, 0.1) is 5.41 Å². The molecule has 0 saturated carbocycles. The normalized spacial score (nSPS) is 10.9. The number of anilines is 1. The van der Waals surface area contributed by atoms with E-state index in [4.69, 9.17) is 0 Å². The Labute approximate surface area is 165 Å².